The summed E-state index contributed by atoms with van der Waals surface area (Å²) in [6.07, 6.45) is 7.57. The normalized spacial score (nSPS) is 18.3. The molecule has 0 heteroatoms. The fraction of sp³-hybridized carbons (Fsp3) is 0.739. The van der Waals surface area contributed by atoms with E-state index in [9.17, 15) is 0 Å². The topological polar surface area (TPSA) is 0 Å². The molecule has 0 fully saturated rings. The van der Waals surface area contributed by atoms with Crippen LogP contribution in [0.1, 0.15) is 94.9 Å². The van der Waals surface area contributed by atoms with Crippen LogP contribution < -0.4 is 0 Å². The van der Waals surface area contributed by atoms with Crippen molar-refractivity contribution in [1.82, 2.24) is 0 Å². The van der Waals surface area contributed by atoms with Crippen LogP contribution in [0.4, 0.5) is 0 Å². The van der Waals surface area contributed by atoms with Gasteiger partial charge < -0.3 is 0 Å². The molecule has 0 aromatic rings. The molecule has 0 saturated heterocycles. The Morgan fingerprint density at radius 3 is 2.09 bits per heavy atom. The molecule has 0 heterocycles. The Morgan fingerprint density at radius 1 is 1.00 bits per heavy atom. The molecule has 0 spiro atoms. The maximum Gasteiger partial charge on any atom is -0.0121 e. The molecule has 23 heavy (non-hydrogen) atoms. The summed E-state index contributed by atoms with van der Waals surface area (Å²) in [5.74, 6) is 0.643. The third-order valence-electron chi connectivity index (χ3n) is 6.83. The average Bonchev–Trinajstić information content (AvgIpc) is 2.43. The van der Waals surface area contributed by atoms with Crippen LogP contribution >= 0.6 is 0 Å². The van der Waals surface area contributed by atoms with Gasteiger partial charge in [0.15, 0.2) is 0 Å². The fourth-order valence-electron chi connectivity index (χ4n) is 3.33. The summed E-state index contributed by atoms with van der Waals surface area (Å²) in [5.41, 5.74) is 8.44. The standard InChI is InChI=1S/C23H40/c1-16(2)18(4)15-23(9,10)22(7,8)14-13-21-12-11-17(3)19(5)20(21)6/h15-16H,11-14H2,1-10H3/b18-15+. The Bertz CT molecular complexity index is 518. The largest absolute Gasteiger partial charge is 0.0791 e. The van der Waals surface area contributed by atoms with Gasteiger partial charge >= 0.3 is 0 Å². The second-order valence-corrected chi connectivity index (χ2v) is 9.28. The van der Waals surface area contributed by atoms with E-state index < -0.39 is 0 Å². The van der Waals surface area contributed by atoms with Gasteiger partial charge in [0.05, 0.1) is 0 Å². The molecule has 0 N–H and O–H groups in total. The van der Waals surface area contributed by atoms with Crippen molar-refractivity contribution in [3.05, 3.63) is 33.9 Å². The lowest BCUT2D eigenvalue weighted by atomic mass is 9.64. The summed E-state index contributed by atoms with van der Waals surface area (Å²) in [6, 6.07) is 0. The van der Waals surface area contributed by atoms with Crippen LogP contribution in [-0.2, 0) is 0 Å². The van der Waals surface area contributed by atoms with Crippen LogP contribution in [0.2, 0.25) is 0 Å². The van der Waals surface area contributed by atoms with Gasteiger partial charge in [0.1, 0.15) is 0 Å². The smallest absolute Gasteiger partial charge is 0.0121 e. The van der Waals surface area contributed by atoms with Gasteiger partial charge in [0.25, 0.3) is 0 Å². The van der Waals surface area contributed by atoms with Crippen molar-refractivity contribution in [2.24, 2.45) is 16.7 Å². The molecule has 0 saturated carbocycles. The second-order valence-electron chi connectivity index (χ2n) is 9.28. The Hall–Kier alpha value is -0.780. The number of hydrogen-bond donors (Lipinski definition) is 0. The Balaban J connectivity index is 2.89. The number of hydrogen-bond acceptors (Lipinski definition) is 0. The molecule has 1 rings (SSSR count). The number of rotatable bonds is 6. The van der Waals surface area contributed by atoms with E-state index in [4.69, 9.17) is 0 Å². The summed E-state index contributed by atoms with van der Waals surface area (Å²) in [4.78, 5) is 0. The molecule has 0 bridgehead atoms. The first-order valence-corrected chi connectivity index (χ1v) is 9.43. The monoisotopic (exact) mass is 316 g/mol. The maximum absolute atomic E-state index is 2.52. The minimum absolute atomic E-state index is 0.227. The lowest BCUT2D eigenvalue weighted by Gasteiger charge is -2.41. The summed E-state index contributed by atoms with van der Waals surface area (Å²) in [7, 11) is 0. The summed E-state index contributed by atoms with van der Waals surface area (Å²) in [5, 5.41) is 0. The van der Waals surface area contributed by atoms with Gasteiger partial charge in [-0.25, -0.2) is 0 Å². The molecular formula is C23H40. The van der Waals surface area contributed by atoms with Crippen molar-refractivity contribution in [3.8, 4) is 0 Å². The molecule has 0 amide bonds. The van der Waals surface area contributed by atoms with Gasteiger partial charge in [-0.2, -0.15) is 0 Å². The van der Waals surface area contributed by atoms with Crippen LogP contribution in [-0.4, -0.2) is 0 Å². The quantitative estimate of drug-likeness (QED) is 0.437. The zero-order chi connectivity index (χ0) is 18.0. The zero-order valence-electron chi connectivity index (χ0n) is 17.5. The van der Waals surface area contributed by atoms with Gasteiger partial charge in [-0.3, -0.25) is 0 Å². The van der Waals surface area contributed by atoms with E-state index in [0.29, 0.717) is 11.3 Å². The van der Waals surface area contributed by atoms with Crippen molar-refractivity contribution in [3.63, 3.8) is 0 Å². The third-order valence-corrected chi connectivity index (χ3v) is 6.83. The van der Waals surface area contributed by atoms with E-state index in [1.807, 2.05) is 0 Å². The minimum atomic E-state index is 0.227. The van der Waals surface area contributed by atoms with Gasteiger partial charge in [0.2, 0.25) is 0 Å². The van der Waals surface area contributed by atoms with Crippen molar-refractivity contribution in [1.29, 1.82) is 0 Å². The highest BCUT2D eigenvalue weighted by Crippen LogP contribution is 2.46. The van der Waals surface area contributed by atoms with Crippen LogP contribution in [0.5, 0.6) is 0 Å². The molecule has 0 aromatic heterocycles. The molecule has 0 radical (unpaired) electrons. The van der Waals surface area contributed by atoms with Gasteiger partial charge in [0, 0.05) is 0 Å². The van der Waals surface area contributed by atoms with Crippen LogP contribution in [0.25, 0.3) is 0 Å². The molecule has 0 atom stereocenters. The first-order valence-electron chi connectivity index (χ1n) is 9.43. The molecule has 0 unspecified atom stereocenters. The Kier molecular flexibility index (Phi) is 6.53. The van der Waals surface area contributed by atoms with Crippen molar-refractivity contribution in [2.45, 2.75) is 94.9 Å². The van der Waals surface area contributed by atoms with Crippen LogP contribution in [0.3, 0.4) is 0 Å². The van der Waals surface area contributed by atoms with Crippen molar-refractivity contribution >= 4 is 0 Å². The lowest BCUT2D eigenvalue weighted by Crippen LogP contribution is -2.31. The highest BCUT2D eigenvalue weighted by molar-refractivity contribution is 5.39. The fourth-order valence-corrected chi connectivity index (χ4v) is 3.33. The summed E-state index contributed by atoms with van der Waals surface area (Å²) < 4.78 is 0. The predicted molar refractivity (Wildman–Crippen MR) is 106 cm³/mol. The van der Waals surface area contributed by atoms with Crippen molar-refractivity contribution < 1.29 is 0 Å². The molecular weight excluding hydrogens is 276 g/mol. The van der Waals surface area contributed by atoms with E-state index in [1.165, 1.54) is 31.3 Å². The molecule has 1 aliphatic rings. The second kappa shape index (κ2) is 7.41. The molecule has 132 valence electrons. The molecule has 0 nitrogen and oxygen atoms in total. The lowest BCUT2D eigenvalue weighted by molar-refractivity contribution is 0.149. The first-order chi connectivity index (χ1) is 10.4. The van der Waals surface area contributed by atoms with E-state index >= 15 is 0 Å². The van der Waals surface area contributed by atoms with E-state index in [2.05, 4.69) is 75.3 Å². The average molecular weight is 317 g/mol. The zero-order valence-corrected chi connectivity index (χ0v) is 17.5. The van der Waals surface area contributed by atoms with Crippen LogP contribution in [0.15, 0.2) is 33.9 Å². The molecule has 0 aliphatic heterocycles. The molecule has 1 aliphatic carbocycles. The van der Waals surface area contributed by atoms with Crippen LogP contribution in [0, 0.1) is 16.7 Å². The minimum Gasteiger partial charge on any atom is -0.0791 e. The highest BCUT2D eigenvalue weighted by atomic mass is 14.4. The summed E-state index contributed by atoms with van der Waals surface area (Å²) >= 11 is 0. The Morgan fingerprint density at radius 2 is 1.57 bits per heavy atom. The maximum atomic E-state index is 2.52. The van der Waals surface area contributed by atoms with Gasteiger partial charge in [-0.05, 0) is 81.3 Å². The highest BCUT2D eigenvalue weighted by Gasteiger charge is 2.35. The van der Waals surface area contributed by atoms with Crippen molar-refractivity contribution in [2.75, 3.05) is 0 Å². The molecule has 0 aromatic carbocycles. The SMILES string of the molecule is CC1=C(C)C(C)=C(CCC(C)(C)C(C)(C)/C=C(\C)C(C)C)CC1. The van der Waals surface area contributed by atoms with E-state index in [1.54, 1.807) is 22.3 Å². The number of allylic oxidation sites excluding steroid dienone is 6. The van der Waals surface area contributed by atoms with E-state index in [-0.39, 0.29) is 5.41 Å². The first kappa shape index (κ1) is 20.3. The predicted octanol–water partition coefficient (Wildman–Crippen LogP) is 7.87. The summed E-state index contributed by atoms with van der Waals surface area (Å²) in [6.45, 7) is 23.5. The van der Waals surface area contributed by atoms with Gasteiger partial charge in [-0.1, -0.05) is 64.3 Å². The Labute approximate surface area is 146 Å². The van der Waals surface area contributed by atoms with E-state index in [0.717, 1.165) is 0 Å². The van der Waals surface area contributed by atoms with Gasteiger partial charge in [-0.15, -0.1) is 0 Å². The third kappa shape index (κ3) is 4.85.